The number of nitrogens with two attached hydrogens (primary N) is 1. The van der Waals surface area contributed by atoms with Crippen molar-refractivity contribution in [3.63, 3.8) is 0 Å². The minimum absolute atomic E-state index is 0.0527. The Morgan fingerprint density at radius 2 is 2.32 bits per heavy atom. The van der Waals surface area contributed by atoms with Crippen LogP contribution in [0.5, 0.6) is 11.5 Å². The number of amides is 1. The first-order chi connectivity index (χ1) is 10.6. The zero-order valence-electron chi connectivity index (χ0n) is 13.0. The fraction of sp³-hybridized carbons (Fsp3) is 0.471. The molecule has 0 radical (unpaired) electrons. The predicted octanol–water partition coefficient (Wildman–Crippen LogP) is 1.67. The van der Waals surface area contributed by atoms with E-state index in [2.05, 4.69) is 6.92 Å². The topological polar surface area (TPSA) is 64.8 Å². The number of carbonyl (C=O) groups excluding carboxylic acids is 1. The van der Waals surface area contributed by atoms with Crippen LogP contribution in [0.25, 0.3) is 6.08 Å². The molecule has 1 saturated heterocycles. The first-order valence-electron chi connectivity index (χ1n) is 7.64. The highest BCUT2D eigenvalue weighted by molar-refractivity contribution is 5.99. The van der Waals surface area contributed by atoms with E-state index in [0.717, 1.165) is 30.0 Å². The summed E-state index contributed by atoms with van der Waals surface area (Å²) in [5, 5.41) is 0. The molecular formula is C17H22N2O3. The molecule has 5 nitrogen and oxygen atoms in total. The predicted molar refractivity (Wildman–Crippen MR) is 84.8 cm³/mol. The lowest BCUT2D eigenvalue weighted by molar-refractivity contribution is -0.128. The molecule has 1 fully saturated rings. The van der Waals surface area contributed by atoms with Gasteiger partial charge in [-0.05, 0) is 50.1 Å². The van der Waals surface area contributed by atoms with Gasteiger partial charge in [0.2, 0.25) is 0 Å². The Labute approximate surface area is 130 Å². The fourth-order valence-corrected chi connectivity index (χ4v) is 3.19. The quantitative estimate of drug-likeness (QED) is 0.922. The Hall–Kier alpha value is -2.01. The van der Waals surface area contributed by atoms with Crippen LogP contribution in [-0.4, -0.2) is 43.7 Å². The van der Waals surface area contributed by atoms with Crippen molar-refractivity contribution in [1.82, 2.24) is 4.90 Å². The monoisotopic (exact) mass is 302 g/mol. The van der Waals surface area contributed by atoms with Crippen molar-refractivity contribution in [3.8, 4) is 11.5 Å². The molecule has 22 heavy (non-hydrogen) atoms. The average molecular weight is 302 g/mol. The summed E-state index contributed by atoms with van der Waals surface area (Å²) in [6.07, 6.45) is 2.88. The fourth-order valence-electron chi connectivity index (χ4n) is 3.19. The number of nitrogens with zero attached hydrogens (tertiary/aromatic N) is 1. The van der Waals surface area contributed by atoms with Crippen molar-refractivity contribution in [2.24, 2.45) is 11.7 Å². The molecule has 0 aromatic heterocycles. The summed E-state index contributed by atoms with van der Waals surface area (Å²) < 4.78 is 10.9. The molecule has 2 N–H and O–H groups in total. The third-order valence-electron chi connectivity index (χ3n) is 4.46. The maximum atomic E-state index is 12.7. The molecular weight excluding hydrogens is 280 g/mol. The van der Waals surface area contributed by atoms with Crippen LogP contribution in [0.4, 0.5) is 0 Å². The number of methoxy groups -OCH3 is 1. The van der Waals surface area contributed by atoms with Gasteiger partial charge < -0.3 is 20.1 Å². The minimum atomic E-state index is 0.0527. The van der Waals surface area contributed by atoms with E-state index in [4.69, 9.17) is 15.2 Å². The van der Waals surface area contributed by atoms with Crippen molar-refractivity contribution in [1.29, 1.82) is 0 Å². The molecule has 2 aliphatic heterocycles. The lowest BCUT2D eigenvalue weighted by Crippen LogP contribution is -2.37. The van der Waals surface area contributed by atoms with Gasteiger partial charge in [0.15, 0.2) is 0 Å². The van der Waals surface area contributed by atoms with Gasteiger partial charge in [-0.25, -0.2) is 0 Å². The van der Waals surface area contributed by atoms with Gasteiger partial charge in [0.1, 0.15) is 18.1 Å². The average Bonchev–Trinajstić information content (AvgIpc) is 2.94. The second-order valence-electron chi connectivity index (χ2n) is 6.01. The van der Waals surface area contributed by atoms with Crippen LogP contribution in [0, 0.1) is 5.92 Å². The lowest BCUT2D eigenvalue weighted by Gasteiger charge is -2.25. The SMILES string of the molecule is COc1ccc2c(c1)C=C(C(=O)N1CC(CN)CC1C)CO2. The van der Waals surface area contributed by atoms with Crippen LogP contribution in [0.3, 0.4) is 0 Å². The largest absolute Gasteiger partial charge is 0.497 e. The molecule has 1 aromatic rings. The Balaban J connectivity index is 1.83. The first-order valence-corrected chi connectivity index (χ1v) is 7.64. The summed E-state index contributed by atoms with van der Waals surface area (Å²) in [6.45, 7) is 3.76. The summed E-state index contributed by atoms with van der Waals surface area (Å²) in [5.41, 5.74) is 7.31. The normalized spacial score (nSPS) is 23.6. The molecule has 2 aliphatic rings. The van der Waals surface area contributed by atoms with Crippen LogP contribution in [0.2, 0.25) is 0 Å². The minimum Gasteiger partial charge on any atom is -0.497 e. The van der Waals surface area contributed by atoms with E-state index in [1.165, 1.54) is 0 Å². The molecule has 0 spiro atoms. The molecule has 2 unspecified atom stereocenters. The summed E-state index contributed by atoms with van der Waals surface area (Å²) in [7, 11) is 1.63. The van der Waals surface area contributed by atoms with Crippen LogP contribution in [0.1, 0.15) is 18.9 Å². The number of rotatable bonds is 3. The number of hydrogen-bond donors (Lipinski definition) is 1. The summed E-state index contributed by atoms with van der Waals surface area (Å²) >= 11 is 0. The molecule has 1 aromatic carbocycles. The van der Waals surface area contributed by atoms with Crippen LogP contribution in [-0.2, 0) is 4.79 Å². The second-order valence-corrected chi connectivity index (χ2v) is 6.01. The molecule has 1 amide bonds. The number of fused-ring (bicyclic) bond motifs is 1. The number of ether oxygens (including phenoxy) is 2. The Morgan fingerprint density at radius 3 is 3.00 bits per heavy atom. The van der Waals surface area contributed by atoms with E-state index >= 15 is 0 Å². The molecule has 3 rings (SSSR count). The van der Waals surface area contributed by atoms with Gasteiger partial charge >= 0.3 is 0 Å². The van der Waals surface area contributed by atoms with Gasteiger partial charge in [0, 0.05) is 18.2 Å². The van der Waals surface area contributed by atoms with Crippen molar-refractivity contribution in [2.75, 3.05) is 26.8 Å². The highest BCUT2D eigenvalue weighted by atomic mass is 16.5. The summed E-state index contributed by atoms with van der Waals surface area (Å²) in [5.74, 6) is 1.99. The van der Waals surface area contributed by atoms with Crippen LogP contribution in [0.15, 0.2) is 23.8 Å². The highest BCUT2D eigenvalue weighted by Crippen LogP contribution is 2.32. The van der Waals surface area contributed by atoms with Crippen LogP contribution < -0.4 is 15.2 Å². The summed E-state index contributed by atoms with van der Waals surface area (Å²) in [4.78, 5) is 14.7. The number of carbonyl (C=O) groups is 1. The third-order valence-corrected chi connectivity index (χ3v) is 4.46. The van der Waals surface area contributed by atoms with E-state index in [1.807, 2.05) is 29.2 Å². The van der Waals surface area contributed by atoms with E-state index in [1.54, 1.807) is 7.11 Å². The van der Waals surface area contributed by atoms with Crippen molar-refractivity contribution in [2.45, 2.75) is 19.4 Å². The maximum Gasteiger partial charge on any atom is 0.253 e. The van der Waals surface area contributed by atoms with Crippen LogP contribution >= 0.6 is 0 Å². The molecule has 2 atom stereocenters. The van der Waals surface area contributed by atoms with E-state index in [9.17, 15) is 4.79 Å². The van der Waals surface area contributed by atoms with Gasteiger partial charge in [0.05, 0.1) is 12.7 Å². The number of hydrogen-bond acceptors (Lipinski definition) is 4. The molecule has 0 bridgehead atoms. The second kappa shape index (κ2) is 6.01. The molecule has 118 valence electrons. The molecule has 2 heterocycles. The Bertz CT molecular complexity index is 612. The van der Waals surface area contributed by atoms with Gasteiger partial charge in [-0.2, -0.15) is 0 Å². The molecule has 0 aliphatic carbocycles. The van der Waals surface area contributed by atoms with Crippen molar-refractivity contribution in [3.05, 3.63) is 29.3 Å². The standard InChI is InChI=1S/C17H22N2O3/c1-11-5-12(8-18)9-19(11)17(20)14-6-13-7-15(21-2)3-4-16(13)22-10-14/h3-4,6-7,11-12H,5,8-10,18H2,1-2H3. The van der Waals surface area contributed by atoms with E-state index in [-0.39, 0.29) is 11.9 Å². The van der Waals surface area contributed by atoms with Gasteiger partial charge in [-0.1, -0.05) is 0 Å². The molecule has 0 saturated carbocycles. The lowest BCUT2D eigenvalue weighted by atomic mass is 10.1. The highest BCUT2D eigenvalue weighted by Gasteiger charge is 2.33. The Morgan fingerprint density at radius 1 is 1.50 bits per heavy atom. The molecule has 5 heteroatoms. The van der Waals surface area contributed by atoms with Crippen molar-refractivity contribution >= 4 is 12.0 Å². The zero-order valence-corrected chi connectivity index (χ0v) is 13.0. The first kappa shape index (κ1) is 14.9. The van der Waals surface area contributed by atoms with Gasteiger partial charge in [-0.15, -0.1) is 0 Å². The van der Waals surface area contributed by atoms with Gasteiger partial charge in [-0.3, -0.25) is 4.79 Å². The number of benzene rings is 1. The van der Waals surface area contributed by atoms with E-state index < -0.39 is 0 Å². The van der Waals surface area contributed by atoms with E-state index in [0.29, 0.717) is 24.6 Å². The third kappa shape index (κ3) is 2.68. The zero-order chi connectivity index (χ0) is 15.7. The summed E-state index contributed by atoms with van der Waals surface area (Å²) in [6, 6.07) is 5.84. The Kier molecular flexibility index (Phi) is 4.07. The van der Waals surface area contributed by atoms with Crippen molar-refractivity contribution < 1.29 is 14.3 Å². The smallest absolute Gasteiger partial charge is 0.253 e. The van der Waals surface area contributed by atoms with Gasteiger partial charge in [0.25, 0.3) is 5.91 Å². The maximum absolute atomic E-state index is 12.7. The number of likely N-dealkylation sites (tertiary alicyclic amines) is 1.